The molecule has 0 bridgehead atoms. The number of fused-ring (bicyclic) bond motifs is 1. The molecular formula is C16H19N3O2. The summed E-state index contributed by atoms with van der Waals surface area (Å²) in [6.45, 7) is 1.75. The maximum Gasteiger partial charge on any atom is 0.281 e. The molecule has 2 aromatic heterocycles. The summed E-state index contributed by atoms with van der Waals surface area (Å²) < 4.78 is 1.46. The molecule has 0 aromatic carbocycles. The Morgan fingerprint density at radius 1 is 1.38 bits per heavy atom. The normalized spacial score (nSPS) is 15.5. The summed E-state index contributed by atoms with van der Waals surface area (Å²) >= 11 is 0. The molecule has 3 rings (SSSR count). The van der Waals surface area contributed by atoms with E-state index in [2.05, 4.69) is 10.3 Å². The fraction of sp³-hybridized carbons (Fsp3) is 0.438. The molecule has 1 N–H and O–H groups in total. The zero-order valence-corrected chi connectivity index (χ0v) is 12.1. The van der Waals surface area contributed by atoms with Gasteiger partial charge < -0.3 is 5.32 Å². The van der Waals surface area contributed by atoms with Gasteiger partial charge in [0.2, 0.25) is 5.91 Å². The number of carbonyl (C=O) groups is 1. The molecule has 0 unspecified atom stereocenters. The van der Waals surface area contributed by atoms with Crippen LogP contribution >= 0.6 is 0 Å². The van der Waals surface area contributed by atoms with Gasteiger partial charge in [0.25, 0.3) is 5.56 Å². The highest BCUT2D eigenvalue weighted by molar-refractivity contribution is 5.91. The quantitative estimate of drug-likeness (QED) is 0.942. The molecule has 1 amide bonds. The summed E-state index contributed by atoms with van der Waals surface area (Å²) in [7, 11) is 0. The summed E-state index contributed by atoms with van der Waals surface area (Å²) in [6.07, 6.45) is 6.80. The zero-order chi connectivity index (χ0) is 14.8. The molecule has 1 saturated carbocycles. The lowest BCUT2D eigenvalue weighted by Crippen LogP contribution is -2.25. The van der Waals surface area contributed by atoms with Crippen molar-refractivity contribution in [1.29, 1.82) is 0 Å². The van der Waals surface area contributed by atoms with Gasteiger partial charge in [-0.2, -0.15) is 0 Å². The number of hydrogen-bond donors (Lipinski definition) is 1. The first-order chi connectivity index (χ1) is 10.1. The van der Waals surface area contributed by atoms with Crippen molar-refractivity contribution < 1.29 is 4.79 Å². The van der Waals surface area contributed by atoms with Crippen LogP contribution in [0.15, 0.2) is 29.2 Å². The smallest absolute Gasteiger partial charge is 0.281 e. The third-order valence-corrected chi connectivity index (χ3v) is 4.13. The number of aromatic nitrogens is 2. The highest BCUT2D eigenvalue weighted by atomic mass is 16.2. The molecule has 0 radical (unpaired) electrons. The van der Waals surface area contributed by atoms with Gasteiger partial charge in [0.15, 0.2) is 0 Å². The molecule has 1 aliphatic carbocycles. The first-order valence-electron chi connectivity index (χ1n) is 7.43. The van der Waals surface area contributed by atoms with E-state index >= 15 is 0 Å². The maximum atomic E-state index is 12.4. The van der Waals surface area contributed by atoms with Gasteiger partial charge in [0, 0.05) is 12.6 Å². The number of nitrogens with zero attached hydrogens (tertiary/aromatic N) is 2. The number of amides is 1. The van der Waals surface area contributed by atoms with Crippen LogP contribution in [0.3, 0.4) is 0 Å². The third kappa shape index (κ3) is 2.82. The highest BCUT2D eigenvalue weighted by Crippen LogP contribution is 2.27. The summed E-state index contributed by atoms with van der Waals surface area (Å²) in [4.78, 5) is 28.9. The number of pyridine rings is 1. The van der Waals surface area contributed by atoms with Crippen molar-refractivity contribution in [2.75, 3.05) is 5.32 Å². The molecule has 0 saturated heterocycles. The largest absolute Gasteiger partial charge is 0.320 e. The monoisotopic (exact) mass is 285 g/mol. The fourth-order valence-electron chi connectivity index (χ4n) is 3.01. The van der Waals surface area contributed by atoms with E-state index in [1.807, 2.05) is 6.07 Å². The van der Waals surface area contributed by atoms with Crippen molar-refractivity contribution in [3.8, 4) is 0 Å². The van der Waals surface area contributed by atoms with Gasteiger partial charge in [-0.15, -0.1) is 0 Å². The molecule has 0 aliphatic heterocycles. The van der Waals surface area contributed by atoms with E-state index in [4.69, 9.17) is 0 Å². The minimum Gasteiger partial charge on any atom is -0.320 e. The van der Waals surface area contributed by atoms with Crippen LogP contribution in [0.5, 0.6) is 0 Å². The molecule has 5 heteroatoms. The SMILES string of the molecule is Cc1nc2ccccn2c(=O)c1NC(=O)CC1CCCC1. The lowest BCUT2D eigenvalue weighted by atomic mass is 10.0. The lowest BCUT2D eigenvalue weighted by molar-refractivity contribution is -0.117. The van der Waals surface area contributed by atoms with Gasteiger partial charge >= 0.3 is 0 Å². The molecule has 5 nitrogen and oxygen atoms in total. The Labute approximate surface area is 123 Å². The molecule has 1 fully saturated rings. The van der Waals surface area contributed by atoms with E-state index in [-0.39, 0.29) is 11.5 Å². The molecule has 2 heterocycles. The number of carbonyl (C=O) groups excluding carboxylic acids is 1. The van der Waals surface area contributed by atoms with Crippen LogP contribution < -0.4 is 10.9 Å². The van der Waals surface area contributed by atoms with Crippen LogP contribution in [-0.4, -0.2) is 15.3 Å². The van der Waals surface area contributed by atoms with Crippen LogP contribution in [0, 0.1) is 12.8 Å². The Bertz CT molecular complexity index is 730. The topological polar surface area (TPSA) is 63.5 Å². The Kier molecular flexibility index (Phi) is 3.73. The standard InChI is InChI=1S/C16H19N3O2/c1-11-15(18-14(20)10-12-6-2-3-7-12)16(21)19-9-5-4-8-13(19)17-11/h4-5,8-9,12H,2-3,6-7,10H2,1H3,(H,18,20). The molecule has 110 valence electrons. The summed E-state index contributed by atoms with van der Waals surface area (Å²) in [6, 6.07) is 5.38. The first-order valence-corrected chi connectivity index (χ1v) is 7.43. The van der Waals surface area contributed by atoms with E-state index in [9.17, 15) is 9.59 Å². The van der Waals surface area contributed by atoms with Gasteiger partial charge in [-0.25, -0.2) is 4.98 Å². The molecule has 0 spiro atoms. The van der Waals surface area contributed by atoms with Crippen LogP contribution in [0.25, 0.3) is 5.65 Å². The highest BCUT2D eigenvalue weighted by Gasteiger charge is 2.20. The van der Waals surface area contributed by atoms with Crippen molar-refractivity contribution in [2.24, 2.45) is 5.92 Å². The second kappa shape index (κ2) is 5.68. The van der Waals surface area contributed by atoms with Crippen molar-refractivity contribution in [3.63, 3.8) is 0 Å². The van der Waals surface area contributed by atoms with Gasteiger partial charge in [-0.05, 0) is 37.8 Å². The van der Waals surface area contributed by atoms with Gasteiger partial charge in [0.05, 0.1) is 5.69 Å². The van der Waals surface area contributed by atoms with Crippen LogP contribution in [0.1, 0.15) is 37.8 Å². The zero-order valence-electron chi connectivity index (χ0n) is 12.1. The maximum absolute atomic E-state index is 12.4. The number of nitrogens with one attached hydrogen (secondary N) is 1. The molecular weight excluding hydrogens is 266 g/mol. The van der Waals surface area contributed by atoms with Gasteiger partial charge in [-0.1, -0.05) is 18.9 Å². The fourth-order valence-corrected chi connectivity index (χ4v) is 3.01. The Morgan fingerprint density at radius 2 is 2.14 bits per heavy atom. The van der Waals surface area contributed by atoms with Gasteiger partial charge in [-0.3, -0.25) is 14.0 Å². The Hall–Kier alpha value is -2.17. The molecule has 1 aliphatic rings. The van der Waals surface area contributed by atoms with Crippen molar-refractivity contribution in [3.05, 3.63) is 40.4 Å². The van der Waals surface area contributed by atoms with Crippen LogP contribution in [0.2, 0.25) is 0 Å². The molecule has 2 aromatic rings. The molecule has 21 heavy (non-hydrogen) atoms. The van der Waals surface area contributed by atoms with Crippen LogP contribution in [-0.2, 0) is 4.79 Å². The predicted octanol–water partition coefficient (Wildman–Crippen LogP) is 2.52. The first kappa shape index (κ1) is 13.8. The van der Waals surface area contributed by atoms with Crippen LogP contribution in [0.4, 0.5) is 5.69 Å². The average Bonchev–Trinajstić information content (AvgIpc) is 2.96. The number of rotatable bonds is 3. The minimum atomic E-state index is -0.224. The number of aryl methyl sites for hydroxylation is 1. The summed E-state index contributed by atoms with van der Waals surface area (Å²) in [5, 5.41) is 2.76. The lowest BCUT2D eigenvalue weighted by Gasteiger charge is -2.11. The van der Waals surface area contributed by atoms with E-state index in [1.54, 1.807) is 25.3 Å². The number of hydrogen-bond acceptors (Lipinski definition) is 3. The van der Waals surface area contributed by atoms with E-state index in [1.165, 1.54) is 17.2 Å². The second-order valence-corrected chi connectivity index (χ2v) is 5.71. The Balaban J connectivity index is 1.86. The average molecular weight is 285 g/mol. The Morgan fingerprint density at radius 3 is 2.90 bits per heavy atom. The van der Waals surface area contributed by atoms with Crippen molar-refractivity contribution in [1.82, 2.24) is 9.38 Å². The second-order valence-electron chi connectivity index (χ2n) is 5.71. The minimum absolute atomic E-state index is 0.0835. The van der Waals surface area contributed by atoms with Crippen molar-refractivity contribution >= 4 is 17.2 Å². The number of anilines is 1. The molecule has 0 atom stereocenters. The summed E-state index contributed by atoms with van der Waals surface area (Å²) in [5.41, 5.74) is 1.22. The third-order valence-electron chi connectivity index (χ3n) is 4.13. The van der Waals surface area contributed by atoms with Gasteiger partial charge in [0.1, 0.15) is 11.3 Å². The van der Waals surface area contributed by atoms with E-state index in [0.29, 0.717) is 29.4 Å². The van der Waals surface area contributed by atoms with Crippen molar-refractivity contribution in [2.45, 2.75) is 39.0 Å². The summed E-state index contributed by atoms with van der Waals surface area (Å²) in [5.74, 6) is 0.376. The predicted molar refractivity (Wildman–Crippen MR) is 81.4 cm³/mol. The van der Waals surface area contributed by atoms with E-state index < -0.39 is 0 Å². The van der Waals surface area contributed by atoms with E-state index in [0.717, 1.165) is 12.8 Å².